The highest BCUT2D eigenvalue weighted by Crippen LogP contribution is 2.32. The monoisotopic (exact) mass is 257 g/mol. The van der Waals surface area contributed by atoms with E-state index in [0.29, 0.717) is 16.7 Å². The van der Waals surface area contributed by atoms with Gasteiger partial charge in [0.15, 0.2) is 0 Å². The maximum atomic E-state index is 9.37. The zero-order valence-electron chi connectivity index (χ0n) is 10.5. The Morgan fingerprint density at radius 1 is 1.41 bits per heavy atom. The van der Waals surface area contributed by atoms with Gasteiger partial charge in [-0.25, -0.2) is 0 Å². The number of hydrogen-bond donors (Lipinski definition) is 2. The topological polar surface area (TPSA) is 55.5 Å². The predicted octanol–water partition coefficient (Wildman–Crippen LogP) is 2.61. The maximum Gasteiger partial charge on any atom is 0.120 e. The molecule has 0 aliphatic heterocycles. The fourth-order valence-corrected chi connectivity index (χ4v) is 2.17. The lowest BCUT2D eigenvalue weighted by Crippen LogP contribution is -2.28. The van der Waals surface area contributed by atoms with Crippen LogP contribution in [0.25, 0.3) is 0 Å². The van der Waals surface area contributed by atoms with E-state index in [-0.39, 0.29) is 18.6 Å². The molecule has 17 heavy (non-hydrogen) atoms. The summed E-state index contributed by atoms with van der Waals surface area (Å²) in [7, 11) is 1.59. The van der Waals surface area contributed by atoms with E-state index in [9.17, 15) is 5.11 Å². The Labute approximate surface area is 108 Å². The van der Waals surface area contributed by atoms with Crippen molar-refractivity contribution in [3.8, 4) is 5.75 Å². The predicted molar refractivity (Wildman–Crippen MR) is 70.3 cm³/mol. The Morgan fingerprint density at radius 2 is 2.06 bits per heavy atom. The summed E-state index contributed by atoms with van der Waals surface area (Å²) in [6, 6.07) is 5.16. The second kappa shape index (κ2) is 6.24. The van der Waals surface area contributed by atoms with Crippen molar-refractivity contribution < 1.29 is 9.84 Å². The molecule has 1 aromatic carbocycles. The molecule has 2 atom stereocenters. The molecule has 4 heteroatoms. The van der Waals surface area contributed by atoms with Gasteiger partial charge in [0.25, 0.3) is 0 Å². The minimum absolute atomic E-state index is 0.000829. The van der Waals surface area contributed by atoms with Gasteiger partial charge in [-0.2, -0.15) is 0 Å². The lowest BCUT2D eigenvalue weighted by molar-refractivity contribution is 0.166. The van der Waals surface area contributed by atoms with Crippen molar-refractivity contribution in [2.75, 3.05) is 13.7 Å². The highest BCUT2D eigenvalue weighted by Gasteiger charge is 2.23. The average molecular weight is 258 g/mol. The second-order valence-electron chi connectivity index (χ2n) is 4.50. The second-order valence-corrected chi connectivity index (χ2v) is 4.91. The largest absolute Gasteiger partial charge is 0.497 e. The van der Waals surface area contributed by atoms with Crippen molar-refractivity contribution in [2.45, 2.75) is 19.9 Å². The van der Waals surface area contributed by atoms with Crippen LogP contribution in [0.2, 0.25) is 5.02 Å². The summed E-state index contributed by atoms with van der Waals surface area (Å²) in [5.41, 5.74) is 7.01. The van der Waals surface area contributed by atoms with Gasteiger partial charge in [-0.1, -0.05) is 31.5 Å². The van der Waals surface area contributed by atoms with Crippen molar-refractivity contribution in [3.05, 3.63) is 28.8 Å². The number of hydrogen-bond acceptors (Lipinski definition) is 3. The van der Waals surface area contributed by atoms with Crippen molar-refractivity contribution >= 4 is 11.6 Å². The van der Waals surface area contributed by atoms with Crippen LogP contribution < -0.4 is 10.5 Å². The van der Waals surface area contributed by atoms with E-state index in [1.165, 1.54) is 0 Å². The van der Waals surface area contributed by atoms with Gasteiger partial charge in [0.05, 0.1) is 7.11 Å². The van der Waals surface area contributed by atoms with Crippen LogP contribution in [-0.4, -0.2) is 18.8 Å². The Kier molecular flexibility index (Phi) is 5.25. The van der Waals surface area contributed by atoms with Crippen molar-refractivity contribution in [1.29, 1.82) is 0 Å². The molecule has 3 N–H and O–H groups in total. The Morgan fingerprint density at radius 3 is 2.47 bits per heavy atom. The summed E-state index contributed by atoms with van der Waals surface area (Å²) in [6.45, 7) is 4.14. The molecular formula is C13H20ClNO2. The standard InChI is InChI=1S/C13H20ClNO2/c1-8(2)11(7-16)13(15)10-5-4-9(17-3)6-12(10)14/h4-6,8,11,13,16H,7,15H2,1-3H3. The van der Waals surface area contributed by atoms with E-state index in [1.54, 1.807) is 13.2 Å². The van der Waals surface area contributed by atoms with Gasteiger partial charge >= 0.3 is 0 Å². The van der Waals surface area contributed by atoms with Gasteiger partial charge in [-0.3, -0.25) is 0 Å². The number of halogens is 1. The molecule has 0 heterocycles. The van der Waals surface area contributed by atoms with Crippen molar-refractivity contribution in [2.24, 2.45) is 17.6 Å². The molecule has 0 saturated carbocycles. The van der Waals surface area contributed by atoms with Crippen LogP contribution >= 0.6 is 11.6 Å². The van der Waals surface area contributed by atoms with Crippen LogP contribution in [0.1, 0.15) is 25.5 Å². The first-order valence-corrected chi connectivity index (χ1v) is 6.09. The van der Waals surface area contributed by atoms with Gasteiger partial charge in [0.1, 0.15) is 5.75 Å². The lowest BCUT2D eigenvalue weighted by atomic mass is 9.85. The third-order valence-corrected chi connectivity index (χ3v) is 3.42. The van der Waals surface area contributed by atoms with E-state index in [4.69, 9.17) is 22.1 Å². The van der Waals surface area contributed by atoms with Gasteiger partial charge in [0.2, 0.25) is 0 Å². The number of ether oxygens (including phenoxy) is 1. The molecule has 0 bridgehead atoms. The van der Waals surface area contributed by atoms with Crippen LogP contribution in [0, 0.1) is 11.8 Å². The first kappa shape index (κ1) is 14.3. The molecule has 2 unspecified atom stereocenters. The summed E-state index contributed by atoms with van der Waals surface area (Å²) in [5.74, 6) is 1.00. The van der Waals surface area contributed by atoms with E-state index in [1.807, 2.05) is 26.0 Å². The maximum absolute atomic E-state index is 9.37. The molecule has 3 nitrogen and oxygen atoms in total. The minimum atomic E-state index is -0.265. The first-order valence-electron chi connectivity index (χ1n) is 5.71. The summed E-state index contributed by atoms with van der Waals surface area (Å²) >= 11 is 6.17. The zero-order valence-corrected chi connectivity index (χ0v) is 11.2. The first-order chi connectivity index (χ1) is 8.01. The smallest absolute Gasteiger partial charge is 0.120 e. The Bertz CT molecular complexity index is 368. The van der Waals surface area contributed by atoms with Gasteiger partial charge in [-0.15, -0.1) is 0 Å². The number of aliphatic hydroxyl groups is 1. The van der Waals surface area contributed by atoms with Gasteiger partial charge in [-0.05, 0) is 23.6 Å². The number of nitrogens with two attached hydrogens (primary N) is 1. The highest BCUT2D eigenvalue weighted by atomic mass is 35.5. The number of rotatable bonds is 5. The molecule has 0 amide bonds. The molecule has 1 aromatic rings. The van der Waals surface area contributed by atoms with Gasteiger partial charge in [0, 0.05) is 23.6 Å². The molecule has 1 rings (SSSR count). The molecule has 0 fully saturated rings. The highest BCUT2D eigenvalue weighted by molar-refractivity contribution is 6.31. The van der Waals surface area contributed by atoms with Crippen LogP contribution in [0.15, 0.2) is 18.2 Å². The summed E-state index contributed by atoms with van der Waals surface area (Å²) < 4.78 is 5.09. The lowest BCUT2D eigenvalue weighted by Gasteiger charge is -2.26. The van der Waals surface area contributed by atoms with Crippen molar-refractivity contribution in [1.82, 2.24) is 0 Å². The fraction of sp³-hybridized carbons (Fsp3) is 0.538. The third-order valence-electron chi connectivity index (χ3n) is 3.10. The van der Waals surface area contributed by atoms with Crippen LogP contribution in [0.4, 0.5) is 0 Å². The molecule has 0 saturated heterocycles. The molecule has 96 valence electrons. The number of benzene rings is 1. The summed E-state index contributed by atoms with van der Waals surface area (Å²) in [4.78, 5) is 0. The van der Waals surface area contributed by atoms with E-state index >= 15 is 0 Å². The van der Waals surface area contributed by atoms with Crippen LogP contribution in [0.3, 0.4) is 0 Å². The number of methoxy groups -OCH3 is 1. The quantitative estimate of drug-likeness (QED) is 0.853. The fourth-order valence-electron chi connectivity index (χ4n) is 1.87. The van der Waals surface area contributed by atoms with Crippen LogP contribution in [0.5, 0.6) is 5.75 Å². The Hall–Kier alpha value is -0.770. The number of aliphatic hydroxyl groups excluding tert-OH is 1. The molecular weight excluding hydrogens is 238 g/mol. The third kappa shape index (κ3) is 3.35. The van der Waals surface area contributed by atoms with E-state index < -0.39 is 0 Å². The minimum Gasteiger partial charge on any atom is -0.497 e. The van der Waals surface area contributed by atoms with E-state index in [2.05, 4.69) is 0 Å². The zero-order chi connectivity index (χ0) is 13.0. The Balaban J connectivity index is 2.99. The van der Waals surface area contributed by atoms with E-state index in [0.717, 1.165) is 5.56 Å². The molecule has 0 aromatic heterocycles. The molecule has 0 aliphatic carbocycles. The average Bonchev–Trinajstić information content (AvgIpc) is 2.28. The molecule has 0 radical (unpaired) electrons. The van der Waals surface area contributed by atoms with Crippen LogP contribution in [-0.2, 0) is 0 Å². The normalized spacial score (nSPS) is 14.8. The van der Waals surface area contributed by atoms with Gasteiger partial charge < -0.3 is 15.6 Å². The molecule has 0 spiro atoms. The molecule has 0 aliphatic rings. The summed E-state index contributed by atoms with van der Waals surface area (Å²) in [6.07, 6.45) is 0. The summed E-state index contributed by atoms with van der Waals surface area (Å²) in [5, 5.41) is 9.95. The SMILES string of the molecule is COc1ccc(C(N)C(CO)C(C)C)c(Cl)c1. The van der Waals surface area contributed by atoms with Crippen molar-refractivity contribution in [3.63, 3.8) is 0 Å².